The lowest BCUT2D eigenvalue weighted by atomic mass is 10.1. The van der Waals surface area contributed by atoms with Gasteiger partial charge in [0.25, 0.3) is 0 Å². The summed E-state index contributed by atoms with van der Waals surface area (Å²) in [5.74, 6) is -0.923. The molecule has 4 nitrogen and oxygen atoms in total. The van der Waals surface area contributed by atoms with E-state index >= 15 is 0 Å². The molecule has 108 valence electrons. The van der Waals surface area contributed by atoms with Crippen molar-refractivity contribution in [3.05, 3.63) is 22.4 Å². The molecule has 1 N–H and O–H groups in total. The molecule has 1 heterocycles. The Labute approximate surface area is 119 Å². The highest BCUT2D eigenvalue weighted by molar-refractivity contribution is 7.90. The van der Waals surface area contributed by atoms with E-state index in [-0.39, 0.29) is 5.92 Å². The summed E-state index contributed by atoms with van der Waals surface area (Å²) >= 11 is 1.45. The summed E-state index contributed by atoms with van der Waals surface area (Å²) in [4.78, 5) is 12.9. The van der Waals surface area contributed by atoms with Crippen LogP contribution in [-0.2, 0) is 14.8 Å². The standard InChI is InChI=1S/C13H21NO3S2/c1-5-12(9(2)3)19(16,17)14-13(15)10(4)11-7-6-8-18-11/h6-10,12H,5H2,1-4H3,(H,14,15)/t10-,12-/m1/s1. The van der Waals surface area contributed by atoms with Crippen molar-refractivity contribution < 1.29 is 13.2 Å². The highest BCUT2D eigenvalue weighted by atomic mass is 32.2. The third-order valence-corrected chi connectivity index (χ3v) is 6.37. The first-order chi connectivity index (χ1) is 8.79. The van der Waals surface area contributed by atoms with E-state index < -0.39 is 27.1 Å². The first-order valence-corrected chi connectivity index (χ1v) is 8.81. The Morgan fingerprint density at radius 3 is 2.42 bits per heavy atom. The quantitative estimate of drug-likeness (QED) is 0.879. The summed E-state index contributed by atoms with van der Waals surface area (Å²) < 4.78 is 26.5. The van der Waals surface area contributed by atoms with Gasteiger partial charge in [0.05, 0.1) is 11.2 Å². The van der Waals surface area contributed by atoms with E-state index in [0.717, 1.165) is 4.88 Å². The van der Waals surface area contributed by atoms with E-state index in [1.54, 1.807) is 6.92 Å². The number of thiophene rings is 1. The van der Waals surface area contributed by atoms with Crippen LogP contribution in [0.15, 0.2) is 17.5 Å². The van der Waals surface area contributed by atoms with Gasteiger partial charge in [0, 0.05) is 4.88 Å². The van der Waals surface area contributed by atoms with Crippen molar-refractivity contribution in [2.24, 2.45) is 5.92 Å². The van der Waals surface area contributed by atoms with Crippen LogP contribution in [0.2, 0.25) is 0 Å². The molecule has 2 atom stereocenters. The van der Waals surface area contributed by atoms with E-state index in [2.05, 4.69) is 4.72 Å². The van der Waals surface area contributed by atoms with Crippen LogP contribution < -0.4 is 4.72 Å². The highest BCUT2D eigenvalue weighted by Gasteiger charge is 2.30. The van der Waals surface area contributed by atoms with Gasteiger partial charge >= 0.3 is 0 Å². The minimum atomic E-state index is -3.60. The monoisotopic (exact) mass is 303 g/mol. The minimum absolute atomic E-state index is 0.0210. The molecule has 0 spiro atoms. The van der Waals surface area contributed by atoms with Crippen LogP contribution in [0.3, 0.4) is 0 Å². The first-order valence-electron chi connectivity index (χ1n) is 6.38. The molecular formula is C13H21NO3S2. The zero-order valence-corrected chi connectivity index (χ0v) is 13.3. The van der Waals surface area contributed by atoms with Crippen molar-refractivity contribution in [2.45, 2.75) is 45.3 Å². The van der Waals surface area contributed by atoms with E-state index in [9.17, 15) is 13.2 Å². The average molecular weight is 303 g/mol. The third-order valence-electron chi connectivity index (χ3n) is 3.15. The Morgan fingerprint density at radius 1 is 1.37 bits per heavy atom. The van der Waals surface area contributed by atoms with E-state index in [0.29, 0.717) is 6.42 Å². The first kappa shape index (κ1) is 16.2. The summed E-state index contributed by atoms with van der Waals surface area (Å²) in [6.45, 7) is 7.23. The molecule has 0 aliphatic rings. The van der Waals surface area contributed by atoms with Crippen molar-refractivity contribution >= 4 is 27.3 Å². The number of nitrogens with one attached hydrogen (secondary N) is 1. The van der Waals surface area contributed by atoms with Gasteiger partial charge in [-0.2, -0.15) is 0 Å². The van der Waals surface area contributed by atoms with Gasteiger partial charge in [-0.05, 0) is 30.7 Å². The molecular weight excluding hydrogens is 282 g/mol. The second-order valence-electron chi connectivity index (χ2n) is 4.94. The molecule has 19 heavy (non-hydrogen) atoms. The van der Waals surface area contributed by atoms with Crippen molar-refractivity contribution in [1.82, 2.24) is 4.72 Å². The lowest BCUT2D eigenvalue weighted by Gasteiger charge is -2.21. The zero-order valence-electron chi connectivity index (χ0n) is 11.7. The smallest absolute Gasteiger partial charge is 0.241 e. The maximum atomic E-state index is 12.2. The lowest BCUT2D eigenvalue weighted by Crippen LogP contribution is -2.42. The van der Waals surface area contributed by atoms with Crippen molar-refractivity contribution in [2.75, 3.05) is 0 Å². The Hall–Kier alpha value is -0.880. The van der Waals surface area contributed by atoms with Gasteiger partial charge in [-0.25, -0.2) is 8.42 Å². The average Bonchev–Trinajstić information content (AvgIpc) is 2.80. The highest BCUT2D eigenvalue weighted by Crippen LogP contribution is 2.22. The lowest BCUT2D eigenvalue weighted by molar-refractivity contribution is -0.120. The molecule has 0 saturated heterocycles. The summed E-state index contributed by atoms with van der Waals surface area (Å²) in [6.07, 6.45) is 0.494. The van der Waals surface area contributed by atoms with Gasteiger partial charge in [-0.3, -0.25) is 9.52 Å². The second-order valence-corrected chi connectivity index (χ2v) is 7.82. The largest absolute Gasteiger partial charge is 0.273 e. The van der Waals surface area contributed by atoms with Gasteiger partial charge < -0.3 is 0 Å². The predicted octanol–water partition coefficient (Wildman–Crippen LogP) is 2.73. The van der Waals surface area contributed by atoms with Crippen molar-refractivity contribution in [3.8, 4) is 0 Å². The molecule has 0 aliphatic heterocycles. The zero-order chi connectivity index (χ0) is 14.6. The third kappa shape index (κ3) is 4.04. The van der Waals surface area contributed by atoms with E-state index in [1.807, 2.05) is 38.3 Å². The maximum absolute atomic E-state index is 12.2. The molecule has 0 aliphatic carbocycles. The fourth-order valence-electron chi connectivity index (χ4n) is 2.02. The van der Waals surface area contributed by atoms with Crippen LogP contribution in [-0.4, -0.2) is 19.6 Å². The molecule has 0 bridgehead atoms. The Kier molecular flexibility index (Phi) is 5.55. The van der Waals surface area contributed by atoms with Gasteiger partial charge in [0.2, 0.25) is 15.9 Å². The summed E-state index contributed by atoms with van der Waals surface area (Å²) in [7, 11) is -3.60. The molecule has 1 rings (SSSR count). The number of carbonyl (C=O) groups excluding carboxylic acids is 1. The molecule has 0 fully saturated rings. The van der Waals surface area contributed by atoms with Gasteiger partial charge in [-0.15, -0.1) is 11.3 Å². The Morgan fingerprint density at radius 2 is 2.00 bits per heavy atom. The van der Waals surface area contributed by atoms with Gasteiger partial charge in [-0.1, -0.05) is 26.8 Å². The topological polar surface area (TPSA) is 63.2 Å². The molecule has 1 amide bonds. The molecule has 6 heteroatoms. The number of hydrogen-bond donors (Lipinski definition) is 1. The summed E-state index contributed by atoms with van der Waals surface area (Å²) in [5, 5.41) is 1.34. The number of rotatable bonds is 6. The Balaban J connectivity index is 2.81. The second kappa shape index (κ2) is 6.52. The van der Waals surface area contributed by atoms with E-state index in [1.165, 1.54) is 11.3 Å². The van der Waals surface area contributed by atoms with Crippen LogP contribution in [0.25, 0.3) is 0 Å². The number of carbonyl (C=O) groups is 1. The number of hydrogen-bond acceptors (Lipinski definition) is 4. The summed E-state index contributed by atoms with van der Waals surface area (Å²) in [5.41, 5.74) is 0. The number of sulfonamides is 1. The fourth-order valence-corrected chi connectivity index (χ4v) is 4.57. The number of amides is 1. The molecule has 1 aromatic rings. The maximum Gasteiger partial charge on any atom is 0.241 e. The minimum Gasteiger partial charge on any atom is -0.273 e. The normalized spacial score (nSPS) is 15.2. The molecule has 0 aromatic carbocycles. The van der Waals surface area contributed by atoms with E-state index in [4.69, 9.17) is 0 Å². The molecule has 0 radical (unpaired) electrons. The Bertz CT molecular complexity index is 506. The SMILES string of the molecule is CC[C@H](C(C)C)S(=O)(=O)NC(=O)[C@H](C)c1cccs1. The molecule has 1 aromatic heterocycles. The molecule has 0 unspecified atom stereocenters. The molecule has 0 saturated carbocycles. The van der Waals surface area contributed by atoms with Crippen LogP contribution in [0.4, 0.5) is 0 Å². The van der Waals surface area contributed by atoms with Gasteiger partial charge in [0.15, 0.2) is 0 Å². The fraction of sp³-hybridized carbons (Fsp3) is 0.615. The van der Waals surface area contributed by atoms with Crippen LogP contribution in [0.1, 0.15) is 44.9 Å². The van der Waals surface area contributed by atoms with Crippen LogP contribution in [0, 0.1) is 5.92 Å². The predicted molar refractivity (Wildman–Crippen MR) is 78.7 cm³/mol. The van der Waals surface area contributed by atoms with Crippen molar-refractivity contribution in [1.29, 1.82) is 0 Å². The van der Waals surface area contributed by atoms with Crippen molar-refractivity contribution in [3.63, 3.8) is 0 Å². The van der Waals surface area contributed by atoms with Crippen LogP contribution in [0.5, 0.6) is 0 Å². The summed E-state index contributed by atoms with van der Waals surface area (Å²) in [6, 6.07) is 3.68. The van der Waals surface area contributed by atoms with Gasteiger partial charge in [0.1, 0.15) is 0 Å². The van der Waals surface area contributed by atoms with Crippen LogP contribution >= 0.6 is 11.3 Å².